The van der Waals surface area contributed by atoms with E-state index in [1.54, 1.807) is 0 Å². The second kappa shape index (κ2) is 4.45. The van der Waals surface area contributed by atoms with Crippen molar-refractivity contribution in [2.75, 3.05) is 0 Å². The van der Waals surface area contributed by atoms with Gasteiger partial charge in [0.25, 0.3) is 0 Å². The van der Waals surface area contributed by atoms with E-state index in [4.69, 9.17) is 5.73 Å². The number of carbonyl (C=O) groups is 1. The largest absolute Gasteiger partial charge is 0.321 e. The molecular weight excluding hydrogens is 126 g/mol. The molecule has 0 unspecified atom stereocenters. The van der Waals surface area contributed by atoms with Gasteiger partial charge in [-0.15, -0.1) is 0 Å². The van der Waals surface area contributed by atoms with Crippen LogP contribution in [0.4, 0.5) is 0 Å². The normalized spacial score (nSPS) is 16.4. The topological polar surface area (TPSA) is 43.1 Å². The Bertz CT molecular complexity index is 112. The van der Waals surface area contributed by atoms with Crippen LogP contribution in [-0.4, -0.2) is 11.8 Å². The molecule has 0 spiro atoms. The van der Waals surface area contributed by atoms with Gasteiger partial charge in [-0.25, -0.2) is 0 Å². The molecule has 0 bridgehead atoms. The molecule has 0 heterocycles. The second-order valence-corrected chi connectivity index (χ2v) is 2.73. The quantitative estimate of drug-likeness (QED) is 0.645. The van der Waals surface area contributed by atoms with Gasteiger partial charge >= 0.3 is 0 Å². The molecule has 2 atom stereocenters. The third kappa shape index (κ3) is 2.48. The number of ketones is 1. The summed E-state index contributed by atoms with van der Waals surface area (Å²) in [4.78, 5) is 11.0. The van der Waals surface area contributed by atoms with Crippen LogP contribution in [0.2, 0.25) is 0 Å². The zero-order chi connectivity index (χ0) is 8.15. The fourth-order valence-electron chi connectivity index (χ4n) is 0.807. The van der Waals surface area contributed by atoms with Gasteiger partial charge < -0.3 is 5.73 Å². The van der Waals surface area contributed by atoms with Crippen molar-refractivity contribution in [3.05, 3.63) is 0 Å². The minimum Gasteiger partial charge on any atom is -0.321 e. The fraction of sp³-hybridized carbons (Fsp3) is 0.875. The van der Waals surface area contributed by atoms with Crippen LogP contribution in [0.15, 0.2) is 0 Å². The lowest BCUT2D eigenvalue weighted by molar-refractivity contribution is -0.121. The van der Waals surface area contributed by atoms with E-state index in [1.165, 1.54) is 0 Å². The molecule has 0 aliphatic carbocycles. The summed E-state index contributed by atoms with van der Waals surface area (Å²) in [7, 11) is 0. The molecule has 60 valence electrons. The third-order valence-corrected chi connectivity index (χ3v) is 1.98. The van der Waals surface area contributed by atoms with E-state index in [0.29, 0.717) is 12.3 Å². The van der Waals surface area contributed by atoms with Crippen molar-refractivity contribution in [1.29, 1.82) is 0 Å². The Kier molecular flexibility index (Phi) is 4.28. The first kappa shape index (κ1) is 9.63. The minimum atomic E-state index is -0.241. The van der Waals surface area contributed by atoms with E-state index in [1.807, 2.05) is 20.8 Å². The molecule has 2 N–H and O–H groups in total. The van der Waals surface area contributed by atoms with Crippen LogP contribution in [0.5, 0.6) is 0 Å². The average Bonchev–Trinajstić information content (AvgIpc) is 2.00. The van der Waals surface area contributed by atoms with Gasteiger partial charge in [-0.3, -0.25) is 4.79 Å². The standard InChI is InChI=1S/C8H17NO/c1-4-6(3)8(9)7(10)5-2/h6,8H,4-5,9H2,1-3H3/t6-,8-/m0/s1. The third-order valence-electron chi connectivity index (χ3n) is 1.98. The van der Waals surface area contributed by atoms with Crippen LogP contribution in [-0.2, 0) is 4.79 Å². The second-order valence-electron chi connectivity index (χ2n) is 2.73. The summed E-state index contributed by atoms with van der Waals surface area (Å²) in [5.74, 6) is 0.502. The van der Waals surface area contributed by atoms with Crippen LogP contribution >= 0.6 is 0 Å². The predicted molar refractivity (Wildman–Crippen MR) is 42.7 cm³/mol. The van der Waals surface area contributed by atoms with Crippen molar-refractivity contribution < 1.29 is 4.79 Å². The van der Waals surface area contributed by atoms with E-state index in [9.17, 15) is 4.79 Å². The Labute approximate surface area is 62.8 Å². The molecule has 0 aromatic carbocycles. The number of hydrogen-bond donors (Lipinski definition) is 1. The zero-order valence-corrected chi connectivity index (χ0v) is 7.05. The summed E-state index contributed by atoms with van der Waals surface area (Å²) in [6, 6.07) is -0.241. The highest BCUT2D eigenvalue weighted by Crippen LogP contribution is 2.06. The van der Waals surface area contributed by atoms with Crippen LogP contribution in [0, 0.1) is 5.92 Å². The molecule has 0 saturated heterocycles. The van der Waals surface area contributed by atoms with Crippen LogP contribution < -0.4 is 5.73 Å². The maximum atomic E-state index is 11.0. The Morgan fingerprint density at radius 3 is 2.30 bits per heavy atom. The summed E-state index contributed by atoms with van der Waals surface area (Å²) in [6.07, 6.45) is 1.54. The van der Waals surface area contributed by atoms with Crippen molar-refractivity contribution in [3.63, 3.8) is 0 Å². The monoisotopic (exact) mass is 143 g/mol. The molecule has 0 amide bonds. The van der Waals surface area contributed by atoms with E-state index in [-0.39, 0.29) is 11.8 Å². The van der Waals surface area contributed by atoms with E-state index in [0.717, 1.165) is 6.42 Å². The Morgan fingerprint density at radius 2 is 2.00 bits per heavy atom. The Hall–Kier alpha value is -0.370. The van der Waals surface area contributed by atoms with Gasteiger partial charge in [-0.2, -0.15) is 0 Å². The lowest BCUT2D eigenvalue weighted by Gasteiger charge is -2.15. The van der Waals surface area contributed by atoms with Gasteiger partial charge in [0.1, 0.15) is 5.78 Å². The zero-order valence-electron chi connectivity index (χ0n) is 7.05. The summed E-state index contributed by atoms with van der Waals surface area (Å²) >= 11 is 0. The van der Waals surface area contributed by atoms with Gasteiger partial charge in [-0.1, -0.05) is 27.2 Å². The summed E-state index contributed by atoms with van der Waals surface area (Å²) < 4.78 is 0. The van der Waals surface area contributed by atoms with Gasteiger partial charge in [0.2, 0.25) is 0 Å². The number of hydrogen-bond acceptors (Lipinski definition) is 2. The van der Waals surface area contributed by atoms with E-state index in [2.05, 4.69) is 0 Å². The molecule has 0 fully saturated rings. The lowest BCUT2D eigenvalue weighted by atomic mass is 9.95. The molecule has 2 nitrogen and oxygen atoms in total. The highest BCUT2D eigenvalue weighted by molar-refractivity contribution is 5.83. The first-order valence-electron chi connectivity index (χ1n) is 3.91. The van der Waals surface area contributed by atoms with Crippen molar-refractivity contribution in [3.8, 4) is 0 Å². The fourth-order valence-corrected chi connectivity index (χ4v) is 0.807. The van der Waals surface area contributed by atoms with Crippen LogP contribution in [0.1, 0.15) is 33.6 Å². The Balaban J connectivity index is 3.81. The van der Waals surface area contributed by atoms with Crippen LogP contribution in [0.25, 0.3) is 0 Å². The summed E-state index contributed by atoms with van der Waals surface area (Å²) in [5, 5.41) is 0. The first-order valence-corrected chi connectivity index (χ1v) is 3.91. The lowest BCUT2D eigenvalue weighted by Crippen LogP contribution is -2.35. The van der Waals surface area contributed by atoms with Gasteiger partial charge in [0.05, 0.1) is 6.04 Å². The van der Waals surface area contributed by atoms with E-state index < -0.39 is 0 Å². The maximum absolute atomic E-state index is 11.0. The summed E-state index contributed by atoms with van der Waals surface area (Å²) in [5.41, 5.74) is 5.63. The molecule has 0 rings (SSSR count). The smallest absolute Gasteiger partial charge is 0.149 e. The highest BCUT2D eigenvalue weighted by atomic mass is 16.1. The van der Waals surface area contributed by atoms with Crippen molar-refractivity contribution in [2.45, 2.75) is 39.7 Å². The number of rotatable bonds is 4. The van der Waals surface area contributed by atoms with E-state index >= 15 is 0 Å². The molecule has 0 aromatic rings. The Morgan fingerprint density at radius 1 is 1.50 bits per heavy atom. The van der Waals surface area contributed by atoms with Gasteiger partial charge in [0, 0.05) is 6.42 Å². The summed E-state index contributed by atoms with van der Waals surface area (Å²) in [6.45, 7) is 5.91. The SMILES string of the molecule is CCC(=O)[C@@H](N)[C@@H](C)CC. The molecule has 0 aliphatic rings. The number of Topliss-reactive ketones (excluding diaryl/α,β-unsaturated/α-hetero) is 1. The van der Waals surface area contributed by atoms with Gasteiger partial charge in [-0.05, 0) is 5.92 Å². The number of carbonyl (C=O) groups excluding carboxylic acids is 1. The molecule has 0 saturated carbocycles. The first-order chi connectivity index (χ1) is 4.63. The number of nitrogens with two attached hydrogens (primary N) is 1. The van der Waals surface area contributed by atoms with Crippen molar-refractivity contribution in [2.24, 2.45) is 11.7 Å². The molecule has 0 aliphatic heterocycles. The van der Waals surface area contributed by atoms with Crippen LogP contribution in [0.3, 0.4) is 0 Å². The average molecular weight is 143 g/mol. The predicted octanol–water partition coefficient (Wildman–Crippen LogP) is 1.34. The van der Waals surface area contributed by atoms with Crippen molar-refractivity contribution >= 4 is 5.78 Å². The molecule has 0 radical (unpaired) electrons. The molecular formula is C8H17NO. The minimum absolute atomic E-state index is 0.175. The molecule has 10 heavy (non-hydrogen) atoms. The van der Waals surface area contributed by atoms with Crippen molar-refractivity contribution in [1.82, 2.24) is 0 Å². The van der Waals surface area contributed by atoms with Gasteiger partial charge in [0.15, 0.2) is 0 Å². The maximum Gasteiger partial charge on any atom is 0.149 e. The molecule has 0 aromatic heterocycles. The molecule has 2 heteroatoms. The highest BCUT2D eigenvalue weighted by Gasteiger charge is 2.16.